The highest BCUT2D eigenvalue weighted by molar-refractivity contribution is 5.77. The first-order valence-electron chi connectivity index (χ1n) is 6.21. The van der Waals surface area contributed by atoms with E-state index in [0.29, 0.717) is 12.5 Å². The maximum absolute atomic E-state index is 11.8. The molecule has 0 aliphatic carbocycles. The maximum Gasteiger partial charge on any atom is 0.248 e. The van der Waals surface area contributed by atoms with Crippen molar-refractivity contribution in [2.75, 3.05) is 26.3 Å². The molecular formula is C14H19NO2. The van der Waals surface area contributed by atoms with Gasteiger partial charge in [0.05, 0.1) is 0 Å². The standard InChI is InChI=1S/C14H19NO2/c1-2-17-11-14(16)15-9-8-13(10-15)12-6-4-3-5-7-12/h3-7,13H,2,8-11H2,1H3/t13-/m0/s1. The molecule has 17 heavy (non-hydrogen) atoms. The topological polar surface area (TPSA) is 29.5 Å². The molecule has 3 nitrogen and oxygen atoms in total. The number of nitrogens with zero attached hydrogens (tertiary/aromatic N) is 1. The molecule has 0 unspecified atom stereocenters. The Balaban J connectivity index is 1.89. The fraction of sp³-hybridized carbons (Fsp3) is 0.500. The van der Waals surface area contributed by atoms with Crippen LogP contribution in [0.2, 0.25) is 0 Å². The lowest BCUT2D eigenvalue weighted by Gasteiger charge is -2.16. The molecule has 1 saturated heterocycles. The van der Waals surface area contributed by atoms with Crippen LogP contribution >= 0.6 is 0 Å². The van der Waals surface area contributed by atoms with Crippen molar-refractivity contribution in [2.45, 2.75) is 19.3 Å². The lowest BCUT2D eigenvalue weighted by atomic mass is 9.99. The zero-order chi connectivity index (χ0) is 12.1. The van der Waals surface area contributed by atoms with Gasteiger partial charge in [-0.1, -0.05) is 30.3 Å². The van der Waals surface area contributed by atoms with Crippen LogP contribution in [0.1, 0.15) is 24.8 Å². The van der Waals surface area contributed by atoms with Crippen molar-refractivity contribution in [1.82, 2.24) is 4.90 Å². The fourth-order valence-electron chi connectivity index (χ4n) is 2.26. The van der Waals surface area contributed by atoms with Gasteiger partial charge in [-0.25, -0.2) is 0 Å². The second-order valence-electron chi connectivity index (χ2n) is 4.37. The molecule has 92 valence electrons. The van der Waals surface area contributed by atoms with E-state index in [1.165, 1.54) is 5.56 Å². The zero-order valence-corrected chi connectivity index (χ0v) is 10.3. The number of hydrogen-bond donors (Lipinski definition) is 0. The van der Waals surface area contributed by atoms with Gasteiger partial charge in [0, 0.05) is 25.6 Å². The molecular weight excluding hydrogens is 214 g/mol. The summed E-state index contributed by atoms with van der Waals surface area (Å²) in [6.45, 7) is 4.41. The molecule has 1 heterocycles. The normalized spacial score (nSPS) is 19.6. The Bertz CT molecular complexity index is 364. The molecule has 1 aliphatic rings. The van der Waals surface area contributed by atoms with Crippen molar-refractivity contribution >= 4 is 5.91 Å². The molecule has 3 heteroatoms. The van der Waals surface area contributed by atoms with E-state index in [4.69, 9.17) is 4.74 Å². The Morgan fingerprint density at radius 2 is 2.18 bits per heavy atom. The Hall–Kier alpha value is -1.35. The molecule has 0 bridgehead atoms. The SMILES string of the molecule is CCOCC(=O)N1CC[C@H](c2ccccc2)C1. The summed E-state index contributed by atoms with van der Waals surface area (Å²) in [5, 5.41) is 0. The predicted octanol–water partition coefficient (Wildman–Crippen LogP) is 2.04. The van der Waals surface area contributed by atoms with E-state index in [2.05, 4.69) is 24.3 Å². The summed E-state index contributed by atoms with van der Waals surface area (Å²) in [5.74, 6) is 0.604. The lowest BCUT2D eigenvalue weighted by molar-refractivity contribution is -0.134. The van der Waals surface area contributed by atoms with Crippen molar-refractivity contribution in [3.63, 3.8) is 0 Å². The van der Waals surface area contributed by atoms with E-state index in [0.717, 1.165) is 19.5 Å². The van der Waals surface area contributed by atoms with Gasteiger partial charge in [0.2, 0.25) is 5.91 Å². The van der Waals surface area contributed by atoms with Gasteiger partial charge < -0.3 is 9.64 Å². The molecule has 1 aromatic rings. The molecule has 0 aromatic heterocycles. The highest BCUT2D eigenvalue weighted by Crippen LogP contribution is 2.26. The van der Waals surface area contributed by atoms with Crippen LogP contribution in [0.15, 0.2) is 30.3 Å². The number of benzene rings is 1. The Kier molecular flexibility index (Phi) is 4.15. The smallest absolute Gasteiger partial charge is 0.248 e. The van der Waals surface area contributed by atoms with Gasteiger partial charge >= 0.3 is 0 Å². The average molecular weight is 233 g/mol. The minimum Gasteiger partial charge on any atom is -0.372 e. The third-order valence-electron chi connectivity index (χ3n) is 3.24. The van der Waals surface area contributed by atoms with Crippen molar-refractivity contribution in [2.24, 2.45) is 0 Å². The van der Waals surface area contributed by atoms with Gasteiger partial charge in [-0.3, -0.25) is 4.79 Å². The number of likely N-dealkylation sites (tertiary alicyclic amines) is 1. The van der Waals surface area contributed by atoms with Crippen LogP contribution in [0.3, 0.4) is 0 Å². The maximum atomic E-state index is 11.8. The lowest BCUT2D eigenvalue weighted by Crippen LogP contribution is -2.31. The van der Waals surface area contributed by atoms with Gasteiger partial charge in [0.25, 0.3) is 0 Å². The first-order valence-corrected chi connectivity index (χ1v) is 6.21. The molecule has 0 radical (unpaired) electrons. The number of hydrogen-bond acceptors (Lipinski definition) is 2. The molecule has 0 saturated carbocycles. The van der Waals surface area contributed by atoms with E-state index in [9.17, 15) is 4.79 Å². The highest BCUT2D eigenvalue weighted by atomic mass is 16.5. The average Bonchev–Trinajstić information content (AvgIpc) is 2.86. The van der Waals surface area contributed by atoms with Gasteiger partial charge in [-0.15, -0.1) is 0 Å². The third-order valence-corrected chi connectivity index (χ3v) is 3.24. The molecule has 0 N–H and O–H groups in total. The predicted molar refractivity (Wildman–Crippen MR) is 66.9 cm³/mol. The molecule has 1 amide bonds. The van der Waals surface area contributed by atoms with Gasteiger partial charge in [0.1, 0.15) is 6.61 Å². The number of amides is 1. The zero-order valence-electron chi connectivity index (χ0n) is 10.3. The second kappa shape index (κ2) is 5.82. The van der Waals surface area contributed by atoms with E-state index in [1.54, 1.807) is 0 Å². The van der Waals surface area contributed by atoms with Crippen molar-refractivity contribution in [3.05, 3.63) is 35.9 Å². The molecule has 1 atom stereocenters. The minimum atomic E-state index is 0.116. The third kappa shape index (κ3) is 3.07. The number of ether oxygens (including phenoxy) is 1. The second-order valence-corrected chi connectivity index (χ2v) is 4.37. The first kappa shape index (κ1) is 12.1. The Labute approximate surface area is 102 Å². The van der Waals surface area contributed by atoms with E-state index in [-0.39, 0.29) is 12.5 Å². The van der Waals surface area contributed by atoms with Crippen LogP contribution < -0.4 is 0 Å². The van der Waals surface area contributed by atoms with Crippen molar-refractivity contribution in [1.29, 1.82) is 0 Å². The number of carbonyl (C=O) groups excluding carboxylic acids is 1. The summed E-state index contributed by atoms with van der Waals surface area (Å²) in [6.07, 6.45) is 1.06. The number of carbonyl (C=O) groups is 1. The van der Waals surface area contributed by atoms with Crippen LogP contribution in [0, 0.1) is 0 Å². The molecule has 0 spiro atoms. The summed E-state index contributed by atoms with van der Waals surface area (Å²) in [4.78, 5) is 13.7. The molecule has 1 aliphatic heterocycles. The van der Waals surface area contributed by atoms with E-state index in [1.807, 2.05) is 17.9 Å². The largest absolute Gasteiger partial charge is 0.372 e. The molecule has 2 rings (SSSR count). The summed E-state index contributed by atoms with van der Waals surface area (Å²) >= 11 is 0. The summed E-state index contributed by atoms with van der Waals surface area (Å²) < 4.78 is 5.16. The van der Waals surface area contributed by atoms with Crippen LogP contribution in [-0.2, 0) is 9.53 Å². The fourth-order valence-corrected chi connectivity index (χ4v) is 2.26. The summed E-state index contributed by atoms with van der Waals surface area (Å²) in [5.41, 5.74) is 1.33. The van der Waals surface area contributed by atoms with E-state index >= 15 is 0 Å². The highest BCUT2D eigenvalue weighted by Gasteiger charge is 2.26. The molecule has 1 aromatic carbocycles. The van der Waals surface area contributed by atoms with Gasteiger partial charge in [-0.2, -0.15) is 0 Å². The van der Waals surface area contributed by atoms with Crippen LogP contribution in [-0.4, -0.2) is 37.1 Å². The summed E-state index contributed by atoms with van der Waals surface area (Å²) in [7, 11) is 0. The van der Waals surface area contributed by atoms with Crippen LogP contribution in [0.4, 0.5) is 0 Å². The molecule has 1 fully saturated rings. The van der Waals surface area contributed by atoms with Crippen molar-refractivity contribution in [3.8, 4) is 0 Å². The van der Waals surface area contributed by atoms with Gasteiger partial charge in [0.15, 0.2) is 0 Å². The van der Waals surface area contributed by atoms with Crippen LogP contribution in [0.5, 0.6) is 0 Å². The van der Waals surface area contributed by atoms with Crippen molar-refractivity contribution < 1.29 is 9.53 Å². The Morgan fingerprint density at radius 3 is 2.88 bits per heavy atom. The monoisotopic (exact) mass is 233 g/mol. The number of rotatable bonds is 4. The Morgan fingerprint density at radius 1 is 1.41 bits per heavy atom. The minimum absolute atomic E-state index is 0.116. The van der Waals surface area contributed by atoms with E-state index < -0.39 is 0 Å². The quantitative estimate of drug-likeness (QED) is 0.796. The summed E-state index contributed by atoms with van der Waals surface area (Å²) in [6, 6.07) is 10.4. The van der Waals surface area contributed by atoms with Crippen LogP contribution in [0.25, 0.3) is 0 Å². The first-order chi connectivity index (χ1) is 8.31. The van der Waals surface area contributed by atoms with Gasteiger partial charge in [-0.05, 0) is 18.9 Å².